The fraction of sp³-hybridized carbons (Fsp3) is 0.455. The van der Waals surface area contributed by atoms with Crippen LogP contribution in [0.5, 0.6) is 0 Å². The molecule has 2 aromatic rings. The van der Waals surface area contributed by atoms with E-state index in [9.17, 15) is 18.0 Å². The maximum atomic E-state index is 12.7. The smallest absolute Gasteiger partial charge is 0.263 e. The Morgan fingerprint density at radius 3 is 2.40 bits per heavy atom. The highest BCUT2D eigenvalue weighted by Crippen LogP contribution is 2.21. The van der Waals surface area contributed by atoms with Gasteiger partial charge in [-0.25, -0.2) is 9.25 Å². The van der Waals surface area contributed by atoms with Crippen molar-refractivity contribution in [2.75, 3.05) is 0 Å². The molecule has 0 spiro atoms. The van der Waals surface area contributed by atoms with Gasteiger partial charge in [0.1, 0.15) is 5.82 Å². The van der Waals surface area contributed by atoms with Crippen LogP contribution in [0.1, 0.15) is 28.9 Å². The van der Waals surface area contributed by atoms with Gasteiger partial charge in [0.25, 0.3) is 5.95 Å². The first-order chi connectivity index (χ1) is 9.25. The molecular formula is C11H12F3N5O. The van der Waals surface area contributed by atoms with E-state index in [1.165, 1.54) is 4.68 Å². The zero-order valence-electron chi connectivity index (χ0n) is 11.1. The predicted molar refractivity (Wildman–Crippen MR) is 62.7 cm³/mol. The van der Waals surface area contributed by atoms with Crippen LogP contribution in [0.3, 0.4) is 0 Å². The molecule has 2 aromatic heterocycles. The summed E-state index contributed by atoms with van der Waals surface area (Å²) in [6.07, 6.45) is -4.86. The first-order valence-electron chi connectivity index (χ1n) is 5.85. The number of hydrogen-bond acceptors (Lipinski definition) is 4. The quantitative estimate of drug-likeness (QED) is 0.845. The van der Waals surface area contributed by atoms with Crippen LogP contribution in [0.4, 0.5) is 13.2 Å². The lowest BCUT2D eigenvalue weighted by Gasteiger charge is -2.10. The van der Waals surface area contributed by atoms with Gasteiger partial charge in [-0.3, -0.25) is 4.79 Å². The van der Waals surface area contributed by atoms with Gasteiger partial charge < -0.3 is 0 Å². The average molecular weight is 287 g/mol. The summed E-state index contributed by atoms with van der Waals surface area (Å²) in [6, 6.07) is 1.67. The first-order valence-corrected chi connectivity index (χ1v) is 5.85. The van der Waals surface area contributed by atoms with Gasteiger partial charge in [-0.2, -0.15) is 18.3 Å². The largest absolute Gasteiger partial charge is 0.472 e. The van der Waals surface area contributed by atoms with Gasteiger partial charge in [0.15, 0.2) is 0 Å². The third-order valence-electron chi connectivity index (χ3n) is 2.67. The Labute approximate surface area is 112 Å². The number of halogens is 3. The van der Waals surface area contributed by atoms with Gasteiger partial charge in [0, 0.05) is 12.1 Å². The van der Waals surface area contributed by atoms with Gasteiger partial charge in [-0.05, 0) is 19.9 Å². The Morgan fingerprint density at radius 1 is 1.30 bits per heavy atom. The zero-order valence-corrected chi connectivity index (χ0v) is 11.1. The van der Waals surface area contributed by atoms with Crippen LogP contribution in [0.25, 0.3) is 5.95 Å². The van der Waals surface area contributed by atoms with E-state index in [1.54, 1.807) is 26.8 Å². The maximum Gasteiger partial charge on any atom is 0.472 e. The molecule has 0 aromatic carbocycles. The van der Waals surface area contributed by atoms with Crippen molar-refractivity contribution < 1.29 is 18.0 Å². The Kier molecular flexibility index (Phi) is 3.36. The van der Waals surface area contributed by atoms with Crippen LogP contribution in [-0.2, 0) is 6.42 Å². The molecule has 0 aliphatic carbocycles. The molecule has 6 nitrogen and oxygen atoms in total. The SMILES string of the molecule is CCc1nnc(-n2nc(C)cc2C)n1C(=O)C(F)(F)F. The van der Waals surface area contributed by atoms with Gasteiger partial charge in [0.05, 0.1) is 5.69 Å². The molecule has 0 aliphatic heterocycles. The molecule has 0 saturated carbocycles. The minimum atomic E-state index is -5.00. The minimum absolute atomic E-state index is 0.0603. The molecule has 0 N–H and O–H groups in total. The fourth-order valence-electron chi connectivity index (χ4n) is 1.84. The van der Waals surface area contributed by atoms with Crippen LogP contribution in [0.2, 0.25) is 0 Å². The Balaban J connectivity index is 2.64. The number of carbonyl (C=O) groups is 1. The van der Waals surface area contributed by atoms with Crippen molar-refractivity contribution in [2.24, 2.45) is 0 Å². The molecule has 0 atom stereocenters. The van der Waals surface area contributed by atoms with Gasteiger partial charge in [-0.1, -0.05) is 6.92 Å². The van der Waals surface area contributed by atoms with Crippen molar-refractivity contribution in [1.82, 2.24) is 24.5 Å². The van der Waals surface area contributed by atoms with Crippen molar-refractivity contribution in [2.45, 2.75) is 33.4 Å². The number of carbonyl (C=O) groups excluding carboxylic acids is 1. The number of aryl methyl sites for hydroxylation is 3. The third kappa shape index (κ3) is 2.30. The van der Waals surface area contributed by atoms with E-state index in [0.717, 1.165) is 0 Å². The molecule has 2 heterocycles. The number of aromatic nitrogens is 5. The molecule has 0 fully saturated rings. The van der Waals surface area contributed by atoms with Crippen LogP contribution < -0.4 is 0 Å². The molecular weight excluding hydrogens is 275 g/mol. The van der Waals surface area contributed by atoms with Crippen LogP contribution in [-0.4, -0.2) is 36.6 Å². The summed E-state index contributed by atoms with van der Waals surface area (Å²) in [4.78, 5) is 11.5. The summed E-state index contributed by atoms with van der Waals surface area (Å²) in [6.45, 7) is 4.94. The van der Waals surface area contributed by atoms with Crippen LogP contribution >= 0.6 is 0 Å². The molecule has 108 valence electrons. The lowest BCUT2D eigenvalue weighted by Crippen LogP contribution is -2.32. The van der Waals surface area contributed by atoms with Crippen LogP contribution in [0.15, 0.2) is 6.07 Å². The van der Waals surface area contributed by atoms with E-state index in [2.05, 4.69) is 15.3 Å². The topological polar surface area (TPSA) is 65.6 Å². The lowest BCUT2D eigenvalue weighted by molar-refractivity contribution is -0.0948. The summed E-state index contributed by atoms with van der Waals surface area (Å²) < 4.78 is 39.7. The van der Waals surface area contributed by atoms with E-state index in [-0.39, 0.29) is 18.2 Å². The molecule has 9 heteroatoms. The summed E-state index contributed by atoms with van der Waals surface area (Å²) in [5.41, 5.74) is 1.17. The second-order valence-corrected chi connectivity index (χ2v) is 4.25. The molecule has 0 bridgehead atoms. The number of nitrogens with zero attached hydrogens (tertiary/aromatic N) is 5. The van der Waals surface area contributed by atoms with Crippen molar-refractivity contribution in [3.63, 3.8) is 0 Å². The highest BCUT2D eigenvalue weighted by molar-refractivity contribution is 5.86. The summed E-state index contributed by atoms with van der Waals surface area (Å²) in [5.74, 6) is -2.34. The summed E-state index contributed by atoms with van der Waals surface area (Å²) in [7, 11) is 0. The van der Waals surface area contributed by atoms with E-state index in [4.69, 9.17) is 0 Å². The van der Waals surface area contributed by atoms with Gasteiger partial charge in [0.2, 0.25) is 0 Å². The first kappa shape index (κ1) is 14.2. The van der Waals surface area contributed by atoms with E-state index < -0.39 is 12.1 Å². The second-order valence-electron chi connectivity index (χ2n) is 4.25. The average Bonchev–Trinajstić information content (AvgIpc) is 2.89. The number of alkyl halides is 3. The molecule has 0 aliphatic rings. The van der Waals surface area contributed by atoms with E-state index in [0.29, 0.717) is 16.0 Å². The minimum Gasteiger partial charge on any atom is -0.263 e. The highest BCUT2D eigenvalue weighted by atomic mass is 19.4. The summed E-state index contributed by atoms with van der Waals surface area (Å²) >= 11 is 0. The van der Waals surface area contributed by atoms with E-state index >= 15 is 0 Å². The van der Waals surface area contributed by atoms with Crippen molar-refractivity contribution in [1.29, 1.82) is 0 Å². The molecule has 20 heavy (non-hydrogen) atoms. The molecule has 0 unspecified atom stereocenters. The zero-order chi connectivity index (χ0) is 15.1. The molecule has 0 amide bonds. The van der Waals surface area contributed by atoms with Crippen molar-refractivity contribution in [3.05, 3.63) is 23.3 Å². The Hall–Kier alpha value is -2.19. The third-order valence-corrected chi connectivity index (χ3v) is 2.67. The Morgan fingerprint density at radius 2 is 1.95 bits per heavy atom. The lowest BCUT2D eigenvalue weighted by atomic mass is 10.4. The maximum absolute atomic E-state index is 12.7. The van der Waals surface area contributed by atoms with Gasteiger partial charge in [-0.15, -0.1) is 10.2 Å². The fourth-order valence-corrected chi connectivity index (χ4v) is 1.84. The van der Waals surface area contributed by atoms with Gasteiger partial charge >= 0.3 is 12.1 Å². The summed E-state index contributed by atoms with van der Waals surface area (Å²) in [5, 5.41) is 11.3. The predicted octanol–water partition coefficient (Wildman–Crippen LogP) is 1.85. The van der Waals surface area contributed by atoms with Crippen molar-refractivity contribution in [3.8, 4) is 5.95 Å². The number of rotatable bonds is 2. The monoisotopic (exact) mass is 287 g/mol. The standard InChI is InChI=1S/C11H12F3N5O/c1-4-8-15-16-10(18(8)9(20)11(12,13)14)19-7(3)5-6(2)17-19/h5H,4H2,1-3H3. The molecule has 0 saturated heterocycles. The molecule has 0 radical (unpaired) electrons. The van der Waals surface area contributed by atoms with E-state index in [1.807, 2.05) is 0 Å². The Bertz CT molecular complexity index is 656. The molecule has 2 rings (SSSR count). The second kappa shape index (κ2) is 4.73. The van der Waals surface area contributed by atoms with Crippen LogP contribution in [0, 0.1) is 13.8 Å². The van der Waals surface area contributed by atoms with Crippen molar-refractivity contribution >= 4 is 5.91 Å². The normalized spacial score (nSPS) is 11.9. The highest BCUT2D eigenvalue weighted by Gasteiger charge is 2.43. The number of hydrogen-bond donors (Lipinski definition) is 0.